The third kappa shape index (κ3) is 2.30. The summed E-state index contributed by atoms with van der Waals surface area (Å²) in [5.41, 5.74) is 7.39. The highest BCUT2D eigenvalue weighted by atomic mass is 35.5. The highest BCUT2D eigenvalue weighted by Gasteiger charge is 2.31. The van der Waals surface area contributed by atoms with Gasteiger partial charge in [0.05, 0.1) is 0 Å². The van der Waals surface area contributed by atoms with Gasteiger partial charge in [-0.1, -0.05) is 29.8 Å². The van der Waals surface area contributed by atoms with E-state index in [-0.39, 0.29) is 22.1 Å². The number of hydrogen-bond donors (Lipinski definition) is 2. The molecule has 1 aliphatic rings. The van der Waals surface area contributed by atoms with Gasteiger partial charge in [-0.25, -0.2) is 0 Å². The van der Waals surface area contributed by atoms with E-state index in [0.717, 1.165) is 0 Å². The van der Waals surface area contributed by atoms with Crippen LogP contribution in [0.15, 0.2) is 59.3 Å². The highest BCUT2D eigenvalue weighted by Crippen LogP contribution is 2.30. The number of benzene rings is 2. The number of ketones is 2. The molecule has 0 radical (unpaired) electrons. The third-order valence-corrected chi connectivity index (χ3v) is 3.58. The average molecular weight is 299 g/mol. The number of nitrogens with two attached hydrogens (primary N) is 1. The van der Waals surface area contributed by atoms with Crippen molar-refractivity contribution < 1.29 is 9.59 Å². The molecule has 0 heterocycles. The van der Waals surface area contributed by atoms with E-state index in [1.807, 2.05) is 18.2 Å². The zero-order chi connectivity index (χ0) is 15.0. The summed E-state index contributed by atoms with van der Waals surface area (Å²) in [5, 5.41) is 2.79. The Labute approximate surface area is 126 Å². The highest BCUT2D eigenvalue weighted by molar-refractivity contribution is 6.50. The predicted octanol–water partition coefficient (Wildman–Crippen LogP) is 3.21. The summed E-state index contributed by atoms with van der Waals surface area (Å²) in [6.07, 6.45) is 0. The van der Waals surface area contributed by atoms with Crippen molar-refractivity contribution in [1.82, 2.24) is 0 Å². The predicted molar refractivity (Wildman–Crippen MR) is 82.5 cm³/mol. The number of hydrogen-bond acceptors (Lipinski definition) is 4. The fourth-order valence-corrected chi connectivity index (χ4v) is 2.43. The molecule has 3 rings (SSSR count). The molecule has 0 bridgehead atoms. The Morgan fingerprint density at radius 1 is 0.905 bits per heavy atom. The van der Waals surface area contributed by atoms with Gasteiger partial charge in [-0.3, -0.25) is 9.59 Å². The van der Waals surface area contributed by atoms with E-state index >= 15 is 0 Å². The van der Waals surface area contributed by atoms with E-state index in [0.29, 0.717) is 16.9 Å². The molecule has 21 heavy (non-hydrogen) atoms. The molecule has 104 valence electrons. The van der Waals surface area contributed by atoms with Gasteiger partial charge in [0.1, 0.15) is 10.7 Å². The maximum absolute atomic E-state index is 12.5. The van der Waals surface area contributed by atoms with E-state index in [2.05, 4.69) is 5.32 Å². The molecular weight excluding hydrogens is 288 g/mol. The maximum atomic E-state index is 12.5. The first-order chi connectivity index (χ1) is 10.1. The van der Waals surface area contributed by atoms with Gasteiger partial charge in [-0.05, 0) is 30.3 Å². The summed E-state index contributed by atoms with van der Waals surface area (Å²) in [7, 11) is 0. The number of para-hydroxylation sites is 1. The number of rotatable bonds is 2. The molecular formula is C16H11ClN2O2. The molecule has 2 aromatic rings. The van der Waals surface area contributed by atoms with Crippen LogP contribution in [-0.4, -0.2) is 11.6 Å². The largest absolute Gasteiger partial charge is 0.399 e. The van der Waals surface area contributed by atoms with Gasteiger partial charge in [-0.2, -0.15) is 0 Å². The van der Waals surface area contributed by atoms with Gasteiger partial charge in [0, 0.05) is 22.5 Å². The topological polar surface area (TPSA) is 72.2 Å². The number of anilines is 2. The van der Waals surface area contributed by atoms with Crippen molar-refractivity contribution in [2.75, 3.05) is 11.1 Å². The normalized spacial score (nSPS) is 14.1. The Hall–Kier alpha value is -2.59. The zero-order valence-corrected chi connectivity index (χ0v) is 11.6. The van der Waals surface area contributed by atoms with Gasteiger partial charge >= 0.3 is 0 Å². The molecule has 0 atom stereocenters. The summed E-state index contributed by atoms with van der Waals surface area (Å²) in [4.78, 5) is 24.8. The number of Topliss-reactive ketones (excluding diaryl/α,β-unsaturated/α-hetero) is 2. The van der Waals surface area contributed by atoms with E-state index in [1.165, 1.54) is 6.07 Å². The van der Waals surface area contributed by atoms with E-state index in [4.69, 9.17) is 17.3 Å². The van der Waals surface area contributed by atoms with Crippen LogP contribution >= 0.6 is 11.6 Å². The number of carbonyl (C=O) groups excluding carboxylic acids is 2. The summed E-state index contributed by atoms with van der Waals surface area (Å²) in [5.74, 6) is -0.726. The van der Waals surface area contributed by atoms with Crippen LogP contribution in [0.25, 0.3) is 0 Å². The van der Waals surface area contributed by atoms with E-state index in [1.54, 1.807) is 24.3 Å². The summed E-state index contributed by atoms with van der Waals surface area (Å²) < 4.78 is 0. The Morgan fingerprint density at radius 3 is 2.33 bits per heavy atom. The molecule has 0 fully saturated rings. The molecule has 4 nitrogen and oxygen atoms in total. The molecule has 0 aromatic heterocycles. The number of nitrogen functional groups attached to an aromatic ring is 1. The van der Waals surface area contributed by atoms with Crippen LogP contribution in [0, 0.1) is 0 Å². The number of allylic oxidation sites excluding steroid dienone is 2. The molecule has 3 N–H and O–H groups in total. The lowest BCUT2D eigenvalue weighted by Crippen LogP contribution is -2.24. The van der Waals surface area contributed by atoms with Crippen LogP contribution in [0.3, 0.4) is 0 Å². The molecule has 0 saturated heterocycles. The van der Waals surface area contributed by atoms with Crippen molar-refractivity contribution in [2.24, 2.45) is 0 Å². The smallest absolute Gasteiger partial charge is 0.211 e. The Bertz CT molecular complexity index is 782. The minimum atomic E-state index is -0.406. The maximum Gasteiger partial charge on any atom is 0.211 e. The van der Waals surface area contributed by atoms with E-state index in [9.17, 15) is 9.59 Å². The van der Waals surface area contributed by atoms with Crippen LogP contribution in [0.2, 0.25) is 0 Å². The molecule has 5 heteroatoms. The van der Waals surface area contributed by atoms with E-state index < -0.39 is 5.78 Å². The van der Waals surface area contributed by atoms with Gasteiger partial charge in [0.2, 0.25) is 11.6 Å². The van der Waals surface area contributed by atoms with Crippen LogP contribution in [-0.2, 0) is 0 Å². The summed E-state index contributed by atoms with van der Waals surface area (Å²) in [6, 6.07) is 13.7. The quantitative estimate of drug-likeness (QED) is 0.835. The van der Waals surface area contributed by atoms with Crippen molar-refractivity contribution in [3.8, 4) is 0 Å². The zero-order valence-electron chi connectivity index (χ0n) is 10.9. The molecule has 0 saturated carbocycles. The molecule has 0 spiro atoms. The molecule has 1 aliphatic carbocycles. The molecule has 0 unspecified atom stereocenters. The SMILES string of the molecule is Nc1ccc2c(c1)C(=O)C(Cl)=C(Nc1ccccc1)C2=O. The van der Waals surface area contributed by atoms with Crippen molar-refractivity contribution in [1.29, 1.82) is 0 Å². The second-order valence-corrected chi connectivity index (χ2v) is 5.02. The fraction of sp³-hybridized carbons (Fsp3) is 0. The van der Waals surface area contributed by atoms with Crippen LogP contribution in [0.4, 0.5) is 11.4 Å². The average Bonchev–Trinajstić information content (AvgIpc) is 2.50. The summed E-state index contributed by atoms with van der Waals surface area (Å²) in [6.45, 7) is 0. The number of halogens is 1. The fourth-order valence-electron chi connectivity index (χ4n) is 2.19. The Kier molecular flexibility index (Phi) is 3.23. The van der Waals surface area contributed by atoms with Gasteiger partial charge in [-0.15, -0.1) is 0 Å². The summed E-state index contributed by atoms with van der Waals surface area (Å²) >= 11 is 6.06. The first-order valence-corrected chi connectivity index (χ1v) is 6.66. The minimum Gasteiger partial charge on any atom is -0.399 e. The second kappa shape index (κ2) is 5.07. The first kappa shape index (κ1) is 13.4. The monoisotopic (exact) mass is 298 g/mol. The van der Waals surface area contributed by atoms with Gasteiger partial charge in [0.25, 0.3) is 0 Å². The van der Waals surface area contributed by atoms with Crippen molar-refractivity contribution in [3.05, 3.63) is 70.4 Å². The lowest BCUT2D eigenvalue weighted by molar-refractivity contribution is 0.0982. The van der Waals surface area contributed by atoms with Gasteiger partial charge < -0.3 is 11.1 Å². The first-order valence-electron chi connectivity index (χ1n) is 6.28. The number of fused-ring (bicyclic) bond motifs is 1. The second-order valence-electron chi connectivity index (χ2n) is 4.64. The van der Waals surface area contributed by atoms with Crippen molar-refractivity contribution >= 4 is 34.5 Å². The molecule has 0 amide bonds. The van der Waals surface area contributed by atoms with Crippen LogP contribution in [0.5, 0.6) is 0 Å². The van der Waals surface area contributed by atoms with Crippen molar-refractivity contribution in [3.63, 3.8) is 0 Å². The standard InChI is InChI=1S/C16H11ClN2O2/c17-13-14(19-10-4-2-1-3-5-10)16(21)11-7-6-9(18)8-12(11)15(13)20/h1-8,19H,18H2. The lowest BCUT2D eigenvalue weighted by atomic mass is 9.92. The number of nitrogens with one attached hydrogen (secondary N) is 1. The minimum absolute atomic E-state index is 0.0881. The Balaban J connectivity index is 2.06. The number of carbonyl (C=O) groups is 2. The Morgan fingerprint density at radius 2 is 1.62 bits per heavy atom. The third-order valence-electron chi connectivity index (χ3n) is 3.22. The van der Waals surface area contributed by atoms with Crippen LogP contribution < -0.4 is 11.1 Å². The molecule has 0 aliphatic heterocycles. The van der Waals surface area contributed by atoms with Gasteiger partial charge in [0.15, 0.2) is 0 Å². The van der Waals surface area contributed by atoms with Crippen molar-refractivity contribution in [2.45, 2.75) is 0 Å². The molecule has 2 aromatic carbocycles. The van der Waals surface area contributed by atoms with Crippen LogP contribution in [0.1, 0.15) is 20.7 Å². The lowest BCUT2D eigenvalue weighted by Gasteiger charge is -2.19.